The van der Waals surface area contributed by atoms with Crippen LogP contribution in [0.1, 0.15) is 57.4 Å². The van der Waals surface area contributed by atoms with Gasteiger partial charge in [-0.1, -0.05) is 33.8 Å². The van der Waals surface area contributed by atoms with Gasteiger partial charge in [0.1, 0.15) is 11.3 Å². The quantitative estimate of drug-likeness (QED) is 0.854. The van der Waals surface area contributed by atoms with Gasteiger partial charge in [0.15, 0.2) is 0 Å². The summed E-state index contributed by atoms with van der Waals surface area (Å²) in [6, 6.07) is 8.51. The first-order valence-corrected chi connectivity index (χ1v) is 6.82. The average molecular weight is 245 g/mol. The average Bonchev–Trinajstić information content (AvgIpc) is 2.79. The molecule has 2 N–H and O–H groups in total. The zero-order valence-electron chi connectivity index (χ0n) is 11.7. The van der Waals surface area contributed by atoms with Crippen molar-refractivity contribution in [2.45, 2.75) is 46.1 Å². The fourth-order valence-electron chi connectivity index (χ4n) is 2.12. The van der Waals surface area contributed by atoms with Crippen molar-refractivity contribution in [3.63, 3.8) is 0 Å². The van der Waals surface area contributed by atoms with E-state index in [0.717, 1.165) is 17.8 Å². The lowest BCUT2D eigenvalue weighted by atomic mass is 9.97. The number of nitrogens with two attached hydrogens (primary N) is 1. The molecular weight excluding hydrogens is 222 g/mol. The number of hydrogen-bond acceptors (Lipinski definition) is 2. The van der Waals surface area contributed by atoms with Gasteiger partial charge in [-0.2, -0.15) is 0 Å². The molecule has 2 atom stereocenters. The smallest absolute Gasteiger partial charge is 0.134 e. The van der Waals surface area contributed by atoms with E-state index in [0.29, 0.717) is 11.8 Å². The van der Waals surface area contributed by atoms with E-state index in [-0.39, 0.29) is 6.04 Å². The van der Waals surface area contributed by atoms with Crippen LogP contribution in [0.2, 0.25) is 0 Å². The van der Waals surface area contributed by atoms with E-state index in [4.69, 9.17) is 10.2 Å². The van der Waals surface area contributed by atoms with Gasteiger partial charge in [0.05, 0.1) is 6.04 Å². The number of fused-ring (bicyclic) bond motifs is 1. The molecule has 0 aliphatic rings. The fourth-order valence-corrected chi connectivity index (χ4v) is 2.12. The maximum atomic E-state index is 6.13. The van der Waals surface area contributed by atoms with Crippen molar-refractivity contribution in [3.05, 3.63) is 35.6 Å². The van der Waals surface area contributed by atoms with Crippen molar-refractivity contribution in [3.8, 4) is 0 Å². The molecule has 18 heavy (non-hydrogen) atoms. The molecule has 0 spiro atoms. The Morgan fingerprint density at radius 1 is 1.17 bits per heavy atom. The van der Waals surface area contributed by atoms with E-state index in [9.17, 15) is 0 Å². The Morgan fingerprint density at radius 2 is 1.89 bits per heavy atom. The molecule has 0 aliphatic heterocycles. The minimum Gasteiger partial charge on any atom is -0.459 e. The molecule has 0 saturated heterocycles. The Bertz CT molecular complexity index is 527. The third kappa shape index (κ3) is 2.44. The molecule has 2 rings (SSSR count). The normalized spacial score (nSPS) is 15.2. The predicted octanol–water partition coefficient (Wildman–Crippen LogP) is 4.60. The van der Waals surface area contributed by atoms with E-state index < -0.39 is 0 Å². The predicted molar refractivity (Wildman–Crippen MR) is 76.7 cm³/mol. The molecule has 0 bridgehead atoms. The highest BCUT2D eigenvalue weighted by atomic mass is 16.3. The molecule has 0 radical (unpaired) electrons. The van der Waals surface area contributed by atoms with Crippen molar-refractivity contribution in [2.75, 3.05) is 0 Å². The molecule has 0 fully saturated rings. The minimum absolute atomic E-state index is 0.0237. The number of benzene rings is 1. The summed E-state index contributed by atoms with van der Waals surface area (Å²) in [5, 5.41) is 1.17. The summed E-state index contributed by atoms with van der Waals surface area (Å²) in [6.45, 7) is 8.69. The fraction of sp³-hybridized carbons (Fsp3) is 0.500. The van der Waals surface area contributed by atoms with E-state index >= 15 is 0 Å². The third-order valence-corrected chi connectivity index (χ3v) is 3.79. The van der Waals surface area contributed by atoms with E-state index in [1.807, 2.05) is 0 Å². The Balaban J connectivity index is 2.39. The molecule has 2 unspecified atom stereocenters. The van der Waals surface area contributed by atoms with Crippen molar-refractivity contribution in [1.29, 1.82) is 0 Å². The maximum Gasteiger partial charge on any atom is 0.134 e. The summed E-state index contributed by atoms with van der Waals surface area (Å²) in [4.78, 5) is 0. The minimum atomic E-state index is -0.0237. The number of rotatable bonds is 4. The molecule has 98 valence electrons. The van der Waals surface area contributed by atoms with Gasteiger partial charge >= 0.3 is 0 Å². The summed E-state index contributed by atoms with van der Waals surface area (Å²) >= 11 is 0. The molecule has 2 heteroatoms. The Kier molecular flexibility index (Phi) is 3.76. The Morgan fingerprint density at radius 3 is 2.50 bits per heavy atom. The summed E-state index contributed by atoms with van der Waals surface area (Å²) in [5.41, 5.74) is 8.44. The second-order valence-corrected chi connectivity index (χ2v) is 5.53. The molecule has 1 aromatic carbocycles. The van der Waals surface area contributed by atoms with Crippen LogP contribution in [-0.4, -0.2) is 0 Å². The third-order valence-electron chi connectivity index (χ3n) is 3.79. The van der Waals surface area contributed by atoms with Crippen LogP contribution in [0.25, 0.3) is 11.0 Å². The van der Waals surface area contributed by atoms with Crippen LogP contribution in [0.3, 0.4) is 0 Å². The van der Waals surface area contributed by atoms with Gasteiger partial charge < -0.3 is 10.2 Å². The van der Waals surface area contributed by atoms with Gasteiger partial charge in [0.2, 0.25) is 0 Å². The molecule has 1 aromatic heterocycles. The molecule has 0 amide bonds. The molecule has 2 aromatic rings. The lowest BCUT2D eigenvalue weighted by molar-refractivity contribution is 0.418. The van der Waals surface area contributed by atoms with Gasteiger partial charge in [-0.25, -0.2) is 0 Å². The summed E-state index contributed by atoms with van der Waals surface area (Å²) in [5.74, 6) is 1.87. The SMILES string of the molecule is CCC(C)c1ccc2oc(C(N)C(C)C)cc2c1. The van der Waals surface area contributed by atoms with Crippen LogP contribution in [0.15, 0.2) is 28.7 Å². The first-order chi connectivity index (χ1) is 8.52. The van der Waals surface area contributed by atoms with Gasteiger partial charge in [0, 0.05) is 5.39 Å². The first-order valence-electron chi connectivity index (χ1n) is 6.82. The highest BCUT2D eigenvalue weighted by molar-refractivity contribution is 5.79. The second-order valence-electron chi connectivity index (χ2n) is 5.53. The summed E-state index contributed by atoms with van der Waals surface area (Å²) in [6.07, 6.45) is 1.15. The lowest BCUT2D eigenvalue weighted by Crippen LogP contribution is -2.15. The second kappa shape index (κ2) is 5.15. The van der Waals surface area contributed by atoms with Crippen LogP contribution < -0.4 is 5.73 Å². The van der Waals surface area contributed by atoms with Gasteiger partial charge in [-0.05, 0) is 42.0 Å². The van der Waals surface area contributed by atoms with Crippen molar-refractivity contribution < 1.29 is 4.42 Å². The van der Waals surface area contributed by atoms with E-state index in [1.54, 1.807) is 0 Å². The zero-order valence-corrected chi connectivity index (χ0v) is 11.7. The largest absolute Gasteiger partial charge is 0.459 e. The van der Waals surface area contributed by atoms with Crippen molar-refractivity contribution >= 4 is 11.0 Å². The maximum absolute atomic E-state index is 6.13. The van der Waals surface area contributed by atoms with Crippen molar-refractivity contribution in [1.82, 2.24) is 0 Å². The molecule has 1 heterocycles. The van der Waals surface area contributed by atoms with Crippen LogP contribution in [-0.2, 0) is 0 Å². The van der Waals surface area contributed by atoms with Crippen LogP contribution in [0.5, 0.6) is 0 Å². The van der Waals surface area contributed by atoms with Crippen LogP contribution in [0.4, 0.5) is 0 Å². The lowest BCUT2D eigenvalue weighted by Gasteiger charge is -2.11. The first kappa shape index (κ1) is 13.2. The van der Waals surface area contributed by atoms with E-state index in [2.05, 4.69) is 52.0 Å². The van der Waals surface area contributed by atoms with Crippen LogP contribution >= 0.6 is 0 Å². The highest BCUT2D eigenvalue weighted by Crippen LogP contribution is 2.29. The van der Waals surface area contributed by atoms with E-state index in [1.165, 1.54) is 10.9 Å². The Labute approximate surface area is 109 Å². The molecular formula is C16H23NO. The molecule has 0 saturated carbocycles. The summed E-state index contributed by atoms with van der Waals surface area (Å²) in [7, 11) is 0. The van der Waals surface area contributed by atoms with Gasteiger partial charge in [0.25, 0.3) is 0 Å². The highest BCUT2D eigenvalue weighted by Gasteiger charge is 2.16. The Hall–Kier alpha value is -1.28. The van der Waals surface area contributed by atoms with Crippen molar-refractivity contribution in [2.24, 2.45) is 11.7 Å². The monoisotopic (exact) mass is 245 g/mol. The molecule has 2 nitrogen and oxygen atoms in total. The molecule has 0 aliphatic carbocycles. The number of hydrogen-bond donors (Lipinski definition) is 1. The number of furan rings is 1. The topological polar surface area (TPSA) is 39.2 Å². The van der Waals surface area contributed by atoms with Gasteiger partial charge in [-0.3, -0.25) is 0 Å². The van der Waals surface area contributed by atoms with Gasteiger partial charge in [-0.15, -0.1) is 0 Å². The standard InChI is InChI=1S/C16H23NO/c1-5-11(4)12-6-7-14-13(8-12)9-15(18-14)16(17)10(2)3/h6-11,16H,5,17H2,1-4H3. The summed E-state index contributed by atoms with van der Waals surface area (Å²) < 4.78 is 5.83. The van der Waals surface area contributed by atoms with Crippen LogP contribution in [0, 0.1) is 5.92 Å². The zero-order chi connectivity index (χ0) is 13.3.